The second kappa shape index (κ2) is 5.82. The predicted molar refractivity (Wildman–Crippen MR) is 94.4 cm³/mol. The van der Waals surface area contributed by atoms with Gasteiger partial charge in [-0.05, 0) is 39.4 Å². The maximum atomic E-state index is 9.30. The molecule has 1 N–H and O–H groups in total. The maximum Gasteiger partial charge on any atom is 0.0682 e. The molecule has 3 aromatic carbocycles. The SMILES string of the molecule is OCc1ccc2c(Cc3cccc4ccccc34)nccc2c1. The lowest BCUT2D eigenvalue weighted by Crippen LogP contribution is -1.95. The van der Waals surface area contributed by atoms with Crippen molar-refractivity contribution in [3.05, 3.63) is 89.7 Å². The summed E-state index contributed by atoms with van der Waals surface area (Å²) in [5.41, 5.74) is 3.29. The summed E-state index contributed by atoms with van der Waals surface area (Å²) in [6.45, 7) is 0.0664. The average molecular weight is 299 g/mol. The first-order chi connectivity index (χ1) is 11.3. The number of pyridine rings is 1. The van der Waals surface area contributed by atoms with Crippen molar-refractivity contribution >= 4 is 21.5 Å². The number of hydrogen-bond donors (Lipinski definition) is 1. The molecule has 0 amide bonds. The first kappa shape index (κ1) is 13.9. The molecule has 0 bridgehead atoms. The number of aliphatic hydroxyl groups excluding tert-OH is 1. The fourth-order valence-electron chi connectivity index (χ4n) is 3.16. The third-order valence-corrected chi connectivity index (χ3v) is 4.33. The summed E-state index contributed by atoms with van der Waals surface area (Å²) in [6, 6.07) is 22.9. The number of hydrogen-bond acceptors (Lipinski definition) is 2. The van der Waals surface area contributed by atoms with E-state index in [1.165, 1.54) is 16.3 Å². The van der Waals surface area contributed by atoms with Crippen LogP contribution in [0.5, 0.6) is 0 Å². The van der Waals surface area contributed by atoms with Crippen LogP contribution in [0.3, 0.4) is 0 Å². The van der Waals surface area contributed by atoms with Crippen LogP contribution in [0, 0.1) is 0 Å². The zero-order chi connectivity index (χ0) is 15.6. The quantitative estimate of drug-likeness (QED) is 0.605. The molecule has 0 aliphatic rings. The predicted octanol–water partition coefficient (Wildman–Crippen LogP) is 4.47. The Bertz CT molecular complexity index is 986. The minimum absolute atomic E-state index is 0.0664. The van der Waals surface area contributed by atoms with Gasteiger partial charge in [0.2, 0.25) is 0 Å². The summed E-state index contributed by atoms with van der Waals surface area (Å²) >= 11 is 0. The molecule has 0 fully saturated rings. The van der Waals surface area contributed by atoms with Crippen molar-refractivity contribution in [1.29, 1.82) is 0 Å². The molecule has 4 rings (SSSR count). The largest absolute Gasteiger partial charge is 0.392 e. The van der Waals surface area contributed by atoms with E-state index in [2.05, 4.69) is 53.5 Å². The topological polar surface area (TPSA) is 33.1 Å². The van der Waals surface area contributed by atoms with Gasteiger partial charge in [-0.1, -0.05) is 54.6 Å². The normalized spacial score (nSPS) is 11.2. The Morgan fingerprint density at radius 2 is 1.65 bits per heavy atom. The molecule has 2 heteroatoms. The highest BCUT2D eigenvalue weighted by Gasteiger charge is 2.07. The van der Waals surface area contributed by atoms with Crippen LogP contribution in [-0.4, -0.2) is 10.1 Å². The van der Waals surface area contributed by atoms with Crippen molar-refractivity contribution in [3.63, 3.8) is 0 Å². The molecule has 0 atom stereocenters. The van der Waals surface area contributed by atoms with E-state index >= 15 is 0 Å². The third kappa shape index (κ3) is 2.58. The Morgan fingerprint density at radius 3 is 2.57 bits per heavy atom. The lowest BCUT2D eigenvalue weighted by Gasteiger charge is -2.09. The number of aliphatic hydroxyl groups is 1. The smallest absolute Gasteiger partial charge is 0.0682 e. The van der Waals surface area contributed by atoms with Crippen molar-refractivity contribution in [2.75, 3.05) is 0 Å². The molecule has 112 valence electrons. The molecular weight excluding hydrogens is 282 g/mol. The first-order valence-electron chi connectivity index (χ1n) is 7.79. The van der Waals surface area contributed by atoms with Crippen LogP contribution in [0.2, 0.25) is 0 Å². The van der Waals surface area contributed by atoms with E-state index in [1.807, 2.05) is 24.4 Å². The fourth-order valence-corrected chi connectivity index (χ4v) is 3.16. The van der Waals surface area contributed by atoms with Gasteiger partial charge < -0.3 is 5.11 Å². The molecule has 0 radical (unpaired) electrons. The van der Waals surface area contributed by atoms with Gasteiger partial charge in [0.25, 0.3) is 0 Å². The van der Waals surface area contributed by atoms with Crippen LogP contribution in [-0.2, 0) is 13.0 Å². The van der Waals surface area contributed by atoms with Crippen molar-refractivity contribution in [2.24, 2.45) is 0 Å². The van der Waals surface area contributed by atoms with E-state index < -0.39 is 0 Å². The van der Waals surface area contributed by atoms with Crippen molar-refractivity contribution < 1.29 is 5.11 Å². The van der Waals surface area contributed by atoms with Gasteiger partial charge in [-0.25, -0.2) is 0 Å². The minimum Gasteiger partial charge on any atom is -0.392 e. The van der Waals surface area contributed by atoms with Crippen LogP contribution >= 0.6 is 0 Å². The summed E-state index contributed by atoms with van der Waals surface area (Å²) in [6.07, 6.45) is 2.65. The van der Waals surface area contributed by atoms with Crippen LogP contribution in [0.4, 0.5) is 0 Å². The number of nitrogens with zero attached hydrogens (tertiary/aromatic N) is 1. The lowest BCUT2D eigenvalue weighted by atomic mass is 9.98. The number of benzene rings is 3. The van der Waals surface area contributed by atoms with E-state index in [4.69, 9.17) is 0 Å². The van der Waals surface area contributed by atoms with Gasteiger partial charge in [0.15, 0.2) is 0 Å². The van der Waals surface area contributed by atoms with Gasteiger partial charge in [-0.15, -0.1) is 0 Å². The minimum atomic E-state index is 0.0664. The van der Waals surface area contributed by atoms with Gasteiger partial charge >= 0.3 is 0 Å². The van der Waals surface area contributed by atoms with E-state index in [0.29, 0.717) is 0 Å². The summed E-state index contributed by atoms with van der Waals surface area (Å²) < 4.78 is 0. The Morgan fingerprint density at radius 1 is 0.783 bits per heavy atom. The second-order valence-electron chi connectivity index (χ2n) is 5.79. The van der Waals surface area contributed by atoms with E-state index in [9.17, 15) is 5.11 Å². The van der Waals surface area contributed by atoms with Gasteiger partial charge in [-0.2, -0.15) is 0 Å². The zero-order valence-corrected chi connectivity index (χ0v) is 12.7. The van der Waals surface area contributed by atoms with Crippen LogP contribution in [0.15, 0.2) is 72.9 Å². The molecule has 0 aliphatic heterocycles. The first-order valence-corrected chi connectivity index (χ1v) is 7.79. The summed E-state index contributed by atoms with van der Waals surface area (Å²) in [5, 5.41) is 14.1. The maximum absolute atomic E-state index is 9.30. The molecule has 1 heterocycles. The highest BCUT2D eigenvalue weighted by molar-refractivity contribution is 5.88. The third-order valence-electron chi connectivity index (χ3n) is 4.33. The summed E-state index contributed by atoms with van der Waals surface area (Å²) in [4.78, 5) is 4.60. The van der Waals surface area contributed by atoms with Gasteiger partial charge in [0.1, 0.15) is 0 Å². The molecular formula is C21H17NO. The van der Waals surface area contributed by atoms with Crippen LogP contribution in [0.1, 0.15) is 16.8 Å². The molecule has 4 aromatic rings. The van der Waals surface area contributed by atoms with E-state index in [0.717, 1.165) is 28.5 Å². The van der Waals surface area contributed by atoms with Crippen molar-refractivity contribution in [1.82, 2.24) is 4.98 Å². The fraction of sp³-hybridized carbons (Fsp3) is 0.0952. The van der Waals surface area contributed by atoms with Gasteiger partial charge in [-0.3, -0.25) is 4.98 Å². The van der Waals surface area contributed by atoms with Gasteiger partial charge in [0.05, 0.1) is 12.3 Å². The van der Waals surface area contributed by atoms with E-state index in [1.54, 1.807) is 0 Å². The highest BCUT2D eigenvalue weighted by Crippen LogP contribution is 2.25. The van der Waals surface area contributed by atoms with Crippen LogP contribution in [0.25, 0.3) is 21.5 Å². The van der Waals surface area contributed by atoms with Crippen molar-refractivity contribution in [2.45, 2.75) is 13.0 Å². The Hall–Kier alpha value is -2.71. The number of aromatic nitrogens is 1. The highest BCUT2D eigenvalue weighted by atomic mass is 16.3. The van der Waals surface area contributed by atoms with Gasteiger partial charge in [0, 0.05) is 18.0 Å². The van der Waals surface area contributed by atoms with Crippen molar-refractivity contribution in [3.8, 4) is 0 Å². The lowest BCUT2D eigenvalue weighted by molar-refractivity contribution is 0.282. The second-order valence-corrected chi connectivity index (χ2v) is 5.79. The Balaban J connectivity index is 1.83. The van der Waals surface area contributed by atoms with Crippen LogP contribution < -0.4 is 0 Å². The standard InChI is InChI=1S/C21H17NO/c23-14-15-8-9-20-18(12-15)10-11-22-21(20)13-17-6-3-5-16-4-1-2-7-19(16)17/h1-12,23H,13-14H2. The monoisotopic (exact) mass is 299 g/mol. The average Bonchev–Trinajstić information content (AvgIpc) is 2.62. The Labute approximate surface area is 135 Å². The molecule has 2 nitrogen and oxygen atoms in total. The molecule has 1 aromatic heterocycles. The molecule has 23 heavy (non-hydrogen) atoms. The number of fused-ring (bicyclic) bond motifs is 2. The summed E-state index contributed by atoms with van der Waals surface area (Å²) in [7, 11) is 0. The Kier molecular flexibility index (Phi) is 3.52. The summed E-state index contributed by atoms with van der Waals surface area (Å²) in [5.74, 6) is 0. The zero-order valence-electron chi connectivity index (χ0n) is 12.7. The van der Waals surface area contributed by atoms with E-state index in [-0.39, 0.29) is 6.61 Å². The number of rotatable bonds is 3. The molecule has 0 spiro atoms. The molecule has 0 unspecified atom stereocenters. The molecule has 0 saturated heterocycles. The molecule has 0 saturated carbocycles. The molecule has 0 aliphatic carbocycles.